The van der Waals surface area contributed by atoms with Crippen LogP contribution in [0.2, 0.25) is 5.02 Å². The highest BCUT2D eigenvalue weighted by Crippen LogP contribution is 2.19. The number of rotatable bonds is 7. The van der Waals surface area contributed by atoms with Crippen LogP contribution in [-0.2, 0) is 22.6 Å². The van der Waals surface area contributed by atoms with Crippen molar-refractivity contribution in [1.82, 2.24) is 15.4 Å². The minimum absolute atomic E-state index is 0.0495. The fourth-order valence-electron chi connectivity index (χ4n) is 3.26. The third-order valence-corrected chi connectivity index (χ3v) is 5.31. The van der Waals surface area contributed by atoms with Crippen LogP contribution in [0.15, 0.2) is 34.9 Å². The van der Waals surface area contributed by atoms with E-state index >= 15 is 0 Å². The van der Waals surface area contributed by atoms with E-state index in [2.05, 4.69) is 10.5 Å². The predicted molar refractivity (Wildman–Crippen MR) is 107 cm³/mol. The molecule has 1 fully saturated rings. The van der Waals surface area contributed by atoms with Gasteiger partial charge in [-0.15, -0.1) is 0 Å². The van der Waals surface area contributed by atoms with Crippen LogP contribution < -0.4 is 5.32 Å². The SMILES string of the molecule is CC(C)c1cc(CNC(=O)[C@H]2CCC(=O)N(CCc3ccc(Cl)cc3)C2)on1. The average Bonchev–Trinajstić information content (AvgIpc) is 3.16. The zero-order valence-corrected chi connectivity index (χ0v) is 17.0. The van der Waals surface area contributed by atoms with Crippen LogP contribution in [0.1, 0.15) is 49.6 Å². The molecule has 28 heavy (non-hydrogen) atoms. The summed E-state index contributed by atoms with van der Waals surface area (Å²) < 4.78 is 5.26. The van der Waals surface area contributed by atoms with Crippen molar-refractivity contribution in [2.45, 2.75) is 45.6 Å². The van der Waals surface area contributed by atoms with Gasteiger partial charge in [0.15, 0.2) is 5.76 Å². The second kappa shape index (κ2) is 9.24. The molecule has 1 aromatic heterocycles. The molecule has 6 nitrogen and oxygen atoms in total. The van der Waals surface area contributed by atoms with Crippen LogP contribution in [0.5, 0.6) is 0 Å². The number of benzene rings is 1. The minimum atomic E-state index is -0.199. The van der Waals surface area contributed by atoms with Gasteiger partial charge in [-0.1, -0.05) is 42.7 Å². The van der Waals surface area contributed by atoms with Crippen molar-refractivity contribution < 1.29 is 14.1 Å². The van der Waals surface area contributed by atoms with E-state index in [9.17, 15) is 9.59 Å². The molecule has 1 aliphatic heterocycles. The van der Waals surface area contributed by atoms with Crippen LogP contribution in [0.4, 0.5) is 0 Å². The van der Waals surface area contributed by atoms with Crippen LogP contribution in [0.3, 0.4) is 0 Å². The van der Waals surface area contributed by atoms with Crippen LogP contribution in [-0.4, -0.2) is 35.0 Å². The van der Waals surface area contributed by atoms with E-state index in [1.807, 2.05) is 44.2 Å². The molecular formula is C21H26ClN3O3. The fourth-order valence-corrected chi connectivity index (χ4v) is 3.39. The van der Waals surface area contributed by atoms with Gasteiger partial charge in [0.2, 0.25) is 11.8 Å². The zero-order valence-electron chi connectivity index (χ0n) is 16.3. The molecule has 2 heterocycles. The summed E-state index contributed by atoms with van der Waals surface area (Å²) in [6, 6.07) is 9.49. The quantitative estimate of drug-likeness (QED) is 0.767. The lowest BCUT2D eigenvalue weighted by molar-refractivity contribution is -0.138. The summed E-state index contributed by atoms with van der Waals surface area (Å²) in [5, 5.41) is 7.61. The van der Waals surface area contributed by atoms with Crippen molar-refractivity contribution in [3.8, 4) is 0 Å². The number of nitrogens with zero attached hydrogens (tertiary/aromatic N) is 2. The maximum atomic E-state index is 12.6. The molecule has 0 unspecified atom stereocenters. The number of carbonyl (C=O) groups excluding carboxylic acids is 2. The number of nitrogens with one attached hydrogen (secondary N) is 1. The molecular weight excluding hydrogens is 378 g/mol. The third-order valence-electron chi connectivity index (χ3n) is 5.06. The van der Waals surface area contributed by atoms with Gasteiger partial charge in [0, 0.05) is 30.6 Å². The van der Waals surface area contributed by atoms with Gasteiger partial charge in [-0.05, 0) is 36.5 Å². The summed E-state index contributed by atoms with van der Waals surface area (Å²) in [4.78, 5) is 26.6. The van der Waals surface area contributed by atoms with Crippen molar-refractivity contribution in [3.63, 3.8) is 0 Å². The Hall–Kier alpha value is -2.34. The summed E-state index contributed by atoms with van der Waals surface area (Å²) in [5.41, 5.74) is 2.00. The predicted octanol–water partition coefficient (Wildman–Crippen LogP) is 3.55. The number of likely N-dealkylation sites (tertiary alicyclic amines) is 1. The molecule has 1 N–H and O–H groups in total. The van der Waals surface area contributed by atoms with Crippen LogP contribution in [0, 0.1) is 5.92 Å². The largest absolute Gasteiger partial charge is 0.359 e. The highest BCUT2D eigenvalue weighted by Gasteiger charge is 2.30. The third kappa shape index (κ3) is 5.35. The lowest BCUT2D eigenvalue weighted by Crippen LogP contribution is -2.46. The van der Waals surface area contributed by atoms with Crippen LogP contribution in [0.25, 0.3) is 0 Å². The molecule has 0 spiro atoms. The van der Waals surface area contributed by atoms with Crippen molar-refractivity contribution in [1.29, 1.82) is 0 Å². The molecule has 7 heteroatoms. The van der Waals surface area contributed by atoms with Gasteiger partial charge in [-0.2, -0.15) is 0 Å². The van der Waals surface area contributed by atoms with Gasteiger partial charge >= 0.3 is 0 Å². The molecule has 2 aromatic rings. The van der Waals surface area contributed by atoms with Crippen molar-refractivity contribution in [2.75, 3.05) is 13.1 Å². The minimum Gasteiger partial charge on any atom is -0.359 e. The summed E-state index contributed by atoms with van der Waals surface area (Å²) in [7, 11) is 0. The van der Waals surface area contributed by atoms with Crippen LogP contribution >= 0.6 is 11.6 Å². The summed E-state index contributed by atoms with van der Waals surface area (Å²) in [5.74, 6) is 0.784. The first kappa shape index (κ1) is 20.4. The number of carbonyl (C=O) groups is 2. The van der Waals surface area contributed by atoms with Gasteiger partial charge in [-0.25, -0.2) is 0 Å². The molecule has 0 saturated carbocycles. The second-order valence-corrected chi connectivity index (χ2v) is 7.98. The first-order valence-electron chi connectivity index (χ1n) is 9.68. The number of hydrogen-bond acceptors (Lipinski definition) is 4. The smallest absolute Gasteiger partial charge is 0.225 e. The Kier molecular flexibility index (Phi) is 6.73. The zero-order chi connectivity index (χ0) is 20.1. The van der Waals surface area contributed by atoms with Crippen molar-refractivity contribution >= 4 is 23.4 Å². The Morgan fingerprint density at radius 1 is 1.36 bits per heavy atom. The molecule has 0 radical (unpaired) electrons. The second-order valence-electron chi connectivity index (χ2n) is 7.54. The van der Waals surface area contributed by atoms with E-state index in [0.29, 0.717) is 43.3 Å². The highest BCUT2D eigenvalue weighted by atomic mass is 35.5. The summed E-state index contributed by atoms with van der Waals surface area (Å²) >= 11 is 5.91. The lowest BCUT2D eigenvalue weighted by Gasteiger charge is -2.32. The number of amides is 2. The number of hydrogen-bond donors (Lipinski definition) is 1. The molecule has 3 rings (SSSR count). The molecule has 150 valence electrons. The Morgan fingerprint density at radius 2 is 2.11 bits per heavy atom. The molecule has 0 bridgehead atoms. The standard InChI is InChI=1S/C21H26ClN3O3/c1-14(2)19-11-18(28-24-19)12-23-21(27)16-5-8-20(26)25(13-16)10-9-15-3-6-17(22)7-4-15/h3-4,6-7,11,14,16H,5,8-10,12-13H2,1-2H3,(H,23,27)/t16-/m0/s1. The van der Waals surface area contributed by atoms with Gasteiger partial charge in [0.05, 0.1) is 18.2 Å². The normalized spacial score (nSPS) is 17.2. The van der Waals surface area contributed by atoms with Gasteiger partial charge in [-0.3, -0.25) is 9.59 Å². The number of halogens is 1. The number of aromatic nitrogens is 1. The highest BCUT2D eigenvalue weighted by molar-refractivity contribution is 6.30. The lowest BCUT2D eigenvalue weighted by atomic mass is 9.96. The van der Waals surface area contributed by atoms with Gasteiger partial charge in [0.1, 0.15) is 0 Å². The summed E-state index contributed by atoms with van der Waals surface area (Å²) in [6.07, 6.45) is 1.72. The van der Waals surface area contributed by atoms with E-state index in [4.69, 9.17) is 16.1 Å². The molecule has 1 aromatic carbocycles. The monoisotopic (exact) mass is 403 g/mol. The molecule has 0 aliphatic carbocycles. The molecule has 1 aliphatic rings. The maximum Gasteiger partial charge on any atom is 0.225 e. The summed E-state index contributed by atoms with van der Waals surface area (Å²) in [6.45, 7) is 5.44. The number of piperidine rings is 1. The van der Waals surface area contributed by atoms with Gasteiger partial charge < -0.3 is 14.7 Å². The Bertz CT molecular complexity index is 817. The fraction of sp³-hybridized carbons (Fsp3) is 0.476. The first-order valence-corrected chi connectivity index (χ1v) is 10.1. The molecule has 1 saturated heterocycles. The molecule has 1 atom stereocenters. The van der Waals surface area contributed by atoms with E-state index < -0.39 is 0 Å². The Labute approximate surface area is 170 Å². The van der Waals surface area contributed by atoms with Gasteiger partial charge in [0.25, 0.3) is 0 Å². The Morgan fingerprint density at radius 3 is 2.79 bits per heavy atom. The van der Waals surface area contributed by atoms with Crippen molar-refractivity contribution in [2.24, 2.45) is 5.92 Å². The topological polar surface area (TPSA) is 75.4 Å². The van der Waals surface area contributed by atoms with E-state index in [0.717, 1.165) is 17.7 Å². The first-order chi connectivity index (χ1) is 13.4. The average molecular weight is 404 g/mol. The molecule has 2 amide bonds. The van der Waals surface area contributed by atoms with Crippen molar-refractivity contribution in [3.05, 3.63) is 52.4 Å². The van der Waals surface area contributed by atoms with E-state index in [1.165, 1.54) is 0 Å². The maximum absolute atomic E-state index is 12.6. The van der Waals surface area contributed by atoms with E-state index in [-0.39, 0.29) is 23.7 Å². The Balaban J connectivity index is 1.50. The van der Waals surface area contributed by atoms with E-state index in [1.54, 1.807) is 4.90 Å².